The molecule has 0 bridgehead atoms. The highest BCUT2D eigenvalue weighted by molar-refractivity contribution is 8.77. The Bertz CT molecular complexity index is 2370. The van der Waals surface area contributed by atoms with Gasteiger partial charge >= 0.3 is 12.2 Å². The van der Waals surface area contributed by atoms with Gasteiger partial charge in [0.05, 0.1) is 59.6 Å². The fourth-order valence-corrected chi connectivity index (χ4v) is 9.84. The molecule has 20 heteroatoms. The van der Waals surface area contributed by atoms with Crippen molar-refractivity contribution in [3.8, 4) is 23.0 Å². The van der Waals surface area contributed by atoms with Crippen LogP contribution in [0.2, 0.25) is 0 Å². The lowest BCUT2D eigenvalue weighted by Gasteiger charge is -2.24. The average molecular weight is 963 g/mol. The van der Waals surface area contributed by atoms with Gasteiger partial charge in [-0.25, -0.2) is 14.6 Å². The van der Waals surface area contributed by atoms with E-state index in [0.717, 1.165) is 24.0 Å². The summed E-state index contributed by atoms with van der Waals surface area (Å²) in [4.78, 5) is 71.8. The van der Waals surface area contributed by atoms with Gasteiger partial charge in [-0.3, -0.25) is 30.3 Å². The van der Waals surface area contributed by atoms with E-state index in [2.05, 4.69) is 28.8 Å². The van der Waals surface area contributed by atoms with E-state index in [1.54, 1.807) is 60.9 Å². The normalized spacial score (nSPS) is 16.3. The van der Waals surface area contributed by atoms with Gasteiger partial charge < -0.3 is 38.2 Å². The molecule has 1 atom stereocenters. The maximum absolute atomic E-state index is 14.0. The van der Waals surface area contributed by atoms with Gasteiger partial charge in [0.25, 0.3) is 17.5 Å². The maximum atomic E-state index is 14.0. The minimum Gasteiger partial charge on any atom is -0.493 e. The number of hydrogen-bond donors (Lipinski definition) is 2. The number of unbranched alkanes of at least 4 members (excludes halogenated alkanes) is 2. The highest BCUT2D eigenvalue weighted by atomic mass is 33.1. The molecular formula is C47H58N6O12S2. The van der Waals surface area contributed by atoms with Gasteiger partial charge in [0.2, 0.25) is 0 Å². The van der Waals surface area contributed by atoms with Crippen LogP contribution in [-0.2, 0) is 9.47 Å². The van der Waals surface area contributed by atoms with E-state index < -0.39 is 22.7 Å². The average Bonchev–Trinajstić information content (AvgIpc) is 3.79. The number of nitro groups is 1. The first kappa shape index (κ1) is 50.3. The number of aromatic nitrogens is 1. The van der Waals surface area contributed by atoms with Crippen LogP contribution in [0.4, 0.5) is 26.7 Å². The smallest absolute Gasteiger partial charge is 0.412 e. The van der Waals surface area contributed by atoms with E-state index in [1.807, 2.05) is 6.92 Å². The van der Waals surface area contributed by atoms with Gasteiger partial charge in [-0.1, -0.05) is 35.1 Å². The van der Waals surface area contributed by atoms with Crippen molar-refractivity contribution in [1.29, 1.82) is 0 Å². The summed E-state index contributed by atoms with van der Waals surface area (Å²) in [6.07, 6.45) is 4.60. The van der Waals surface area contributed by atoms with E-state index in [9.17, 15) is 29.3 Å². The molecule has 0 radical (unpaired) electrons. The zero-order valence-corrected chi connectivity index (χ0v) is 40.4. The van der Waals surface area contributed by atoms with Crippen LogP contribution in [0.1, 0.15) is 93.4 Å². The van der Waals surface area contributed by atoms with Crippen molar-refractivity contribution in [2.45, 2.75) is 94.1 Å². The van der Waals surface area contributed by atoms with Crippen molar-refractivity contribution >= 4 is 62.7 Å². The van der Waals surface area contributed by atoms with Gasteiger partial charge in [0, 0.05) is 43.9 Å². The topological polar surface area (TPSA) is 210 Å². The Labute approximate surface area is 398 Å². The molecule has 2 saturated heterocycles. The highest BCUT2D eigenvalue weighted by Crippen LogP contribution is 2.55. The summed E-state index contributed by atoms with van der Waals surface area (Å²) in [5.41, 5.74) is 1.87. The van der Waals surface area contributed by atoms with Crippen LogP contribution >= 0.6 is 21.6 Å². The second-order valence-corrected chi connectivity index (χ2v) is 20.2. The Kier molecular flexibility index (Phi) is 16.6. The molecule has 18 nitrogen and oxygen atoms in total. The Hall–Kier alpha value is -6.15. The first-order valence-corrected chi connectivity index (χ1v) is 24.1. The predicted octanol–water partition coefficient (Wildman–Crippen LogP) is 9.70. The first-order chi connectivity index (χ1) is 31.9. The van der Waals surface area contributed by atoms with Gasteiger partial charge in [-0.05, 0) is 102 Å². The van der Waals surface area contributed by atoms with Crippen LogP contribution in [0.3, 0.4) is 0 Å². The molecule has 4 amide bonds. The van der Waals surface area contributed by atoms with Crippen LogP contribution in [0, 0.1) is 10.1 Å². The Morgan fingerprint density at radius 2 is 1.48 bits per heavy atom. The molecule has 67 heavy (non-hydrogen) atoms. The standard InChI is InChI=1S/C47H58N6O12S2/c1-29-14-17-51(26-29)42(54)33-21-37(60-7)39(23-35(33)50-45(57)65-46(4,5)6)62-18-10-9-11-19-63-40-24-36(34(22-38(40)61-8)43(55)52-27-30(2)20-31(52)3)49-44(56)64-28-47(15-16-47)67-66-41-13-12-32(25-48-41)53(58)59/h12-13,21-25,31H,1-2,9-11,14-20,26-28H2,3-8H3,(H,49,56)(H,50,57)/t31-/m1/s1. The van der Waals surface area contributed by atoms with E-state index >= 15 is 0 Å². The van der Waals surface area contributed by atoms with Crippen molar-refractivity contribution < 1.29 is 52.5 Å². The number of benzene rings is 2. The molecule has 3 aromatic rings. The van der Waals surface area contributed by atoms with Gasteiger partial charge in [0.1, 0.15) is 23.4 Å². The fourth-order valence-electron chi connectivity index (χ4n) is 7.26. The number of hydrogen-bond acceptors (Lipinski definition) is 15. The quantitative estimate of drug-likeness (QED) is 0.0355. The van der Waals surface area contributed by atoms with Crippen molar-refractivity contribution in [3.63, 3.8) is 0 Å². The van der Waals surface area contributed by atoms with E-state index in [4.69, 9.17) is 28.4 Å². The highest BCUT2D eigenvalue weighted by Gasteiger charge is 2.45. The van der Waals surface area contributed by atoms with Crippen LogP contribution in [0.25, 0.3) is 0 Å². The Morgan fingerprint density at radius 3 is 1.97 bits per heavy atom. The number of likely N-dealkylation sites (tertiary alicyclic amines) is 2. The number of nitrogens with zero attached hydrogens (tertiary/aromatic N) is 4. The molecule has 3 aliphatic rings. The molecule has 1 aliphatic carbocycles. The minimum atomic E-state index is -0.764. The van der Waals surface area contributed by atoms with Crippen molar-refractivity contribution in [1.82, 2.24) is 14.8 Å². The number of nitrogens with one attached hydrogen (secondary N) is 2. The molecule has 0 unspecified atom stereocenters. The lowest BCUT2D eigenvalue weighted by Crippen LogP contribution is -2.34. The zero-order valence-electron chi connectivity index (χ0n) is 38.7. The molecular weight excluding hydrogens is 905 g/mol. The summed E-state index contributed by atoms with van der Waals surface area (Å²) >= 11 is 0. The summed E-state index contributed by atoms with van der Waals surface area (Å²) in [6.45, 7) is 17.2. The van der Waals surface area contributed by atoms with Crippen molar-refractivity contribution in [2.75, 3.05) is 64.3 Å². The van der Waals surface area contributed by atoms with Gasteiger partial charge in [-0.2, -0.15) is 0 Å². The molecule has 2 aliphatic heterocycles. The second-order valence-electron chi connectivity index (χ2n) is 17.6. The third kappa shape index (κ3) is 13.7. The number of anilines is 2. The third-order valence-corrected chi connectivity index (χ3v) is 14.2. The molecule has 360 valence electrons. The van der Waals surface area contributed by atoms with Crippen molar-refractivity contribution in [3.05, 3.63) is 88.1 Å². The number of carbonyl (C=O) groups excluding carboxylic acids is 4. The SMILES string of the molecule is C=C1CCN(C(=O)c2cc(OC)c(OCCCCCOc3cc(NC(=O)OCC4(SSc5ccc([N+](=O)[O-])cn5)CC4)c(C(=O)N4CC(=C)C[C@H]4C)cc3OC)cc2NC(=O)OC(C)(C)C)C1. The largest absolute Gasteiger partial charge is 0.493 e. The summed E-state index contributed by atoms with van der Waals surface area (Å²) < 4.78 is 34.4. The Balaban J connectivity index is 1.07. The lowest BCUT2D eigenvalue weighted by atomic mass is 10.1. The van der Waals surface area contributed by atoms with Crippen LogP contribution in [0.5, 0.6) is 23.0 Å². The molecule has 0 spiro atoms. The molecule has 6 rings (SSSR count). The third-order valence-electron chi connectivity index (χ3n) is 11.0. The Morgan fingerprint density at radius 1 is 0.866 bits per heavy atom. The van der Waals surface area contributed by atoms with E-state index in [0.29, 0.717) is 79.8 Å². The number of methoxy groups -OCH3 is 2. The second kappa shape index (κ2) is 22.1. The van der Waals surface area contributed by atoms with Gasteiger partial charge in [-0.15, -0.1) is 0 Å². The van der Waals surface area contributed by atoms with Crippen LogP contribution in [-0.4, -0.2) is 114 Å². The summed E-state index contributed by atoms with van der Waals surface area (Å²) in [5.74, 6) is 0.692. The molecule has 1 saturated carbocycles. The zero-order chi connectivity index (χ0) is 48.5. The van der Waals surface area contributed by atoms with E-state index in [1.165, 1.54) is 48.1 Å². The summed E-state index contributed by atoms with van der Waals surface area (Å²) in [6, 6.07) is 9.12. The van der Waals surface area contributed by atoms with Gasteiger partial charge in [0.15, 0.2) is 23.0 Å². The fraction of sp³-hybridized carbons (Fsp3) is 0.468. The minimum absolute atomic E-state index is 0.0937. The number of carbonyl (C=O) groups is 4. The van der Waals surface area contributed by atoms with Crippen LogP contribution in [0.15, 0.2) is 71.9 Å². The number of amides is 4. The molecule has 3 heterocycles. The monoisotopic (exact) mass is 962 g/mol. The summed E-state index contributed by atoms with van der Waals surface area (Å²) in [5, 5.41) is 17.1. The lowest BCUT2D eigenvalue weighted by molar-refractivity contribution is -0.385. The van der Waals surface area contributed by atoms with Crippen LogP contribution < -0.4 is 29.6 Å². The molecule has 3 fully saturated rings. The summed E-state index contributed by atoms with van der Waals surface area (Å²) in [7, 11) is 5.80. The molecule has 1 aromatic heterocycles. The number of rotatable bonds is 20. The number of ether oxygens (including phenoxy) is 6. The maximum Gasteiger partial charge on any atom is 0.412 e. The predicted molar refractivity (Wildman–Crippen MR) is 256 cm³/mol. The van der Waals surface area contributed by atoms with Crippen molar-refractivity contribution in [2.24, 2.45) is 0 Å². The number of pyridine rings is 1. The van der Waals surface area contributed by atoms with E-state index in [-0.39, 0.29) is 70.6 Å². The molecule has 2 N–H and O–H groups in total. The first-order valence-electron chi connectivity index (χ1n) is 21.9. The molecule has 2 aromatic carbocycles.